The van der Waals surface area contributed by atoms with Crippen molar-refractivity contribution in [3.63, 3.8) is 0 Å². The number of nitriles is 1. The zero-order valence-electron chi connectivity index (χ0n) is 17.2. The van der Waals surface area contributed by atoms with Crippen LogP contribution in [0.25, 0.3) is 0 Å². The minimum absolute atomic E-state index is 0.185. The van der Waals surface area contributed by atoms with E-state index < -0.39 is 5.60 Å². The van der Waals surface area contributed by atoms with E-state index in [9.17, 15) is 14.4 Å². The molecule has 9 nitrogen and oxygen atoms in total. The van der Waals surface area contributed by atoms with E-state index in [2.05, 4.69) is 11.4 Å². The Morgan fingerprint density at radius 2 is 1.90 bits per heavy atom. The summed E-state index contributed by atoms with van der Waals surface area (Å²) in [7, 11) is 0. The van der Waals surface area contributed by atoms with Gasteiger partial charge in [-0.2, -0.15) is 5.26 Å². The van der Waals surface area contributed by atoms with Crippen molar-refractivity contribution in [1.29, 1.82) is 5.26 Å². The number of hydrogen-bond acceptors (Lipinski definition) is 5. The van der Waals surface area contributed by atoms with Crippen molar-refractivity contribution in [3.05, 3.63) is 29.8 Å². The molecule has 1 atom stereocenters. The van der Waals surface area contributed by atoms with Crippen LogP contribution >= 0.6 is 0 Å². The molecular weight excluding hydrogens is 398 g/mol. The molecule has 162 valence electrons. The number of urea groups is 1. The van der Waals surface area contributed by atoms with Gasteiger partial charge in [0.05, 0.1) is 17.7 Å². The summed E-state index contributed by atoms with van der Waals surface area (Å²) in [6.45, 7) is 2.38. The number of nitrogens with zero attached hydrogens (tertiary/aromatic N) is 4. The number of fused-ring (bicyclic) bond motifs is 2. The van der Waals surface area contributed by atoms with Crippen LogP contribution in [0.3, 0.4) is 0 Å². The largest absolute Gasteiger partial charge is 0.440 e. The van der Waals surface area contributed by atoms with E-state index in [1.807, 2.05) is 4.90 Å². The summed E-state index contributed by atoms with van der Waals surface area (Å²) in [5.41, 5.74) is 0.382. The molecule has 3 heterocycles. The van der Waals surface area contributed by atoms with Crippen LogP contribution < -0.4 is 5.32 Å². The Hall–Kier alpha value is -3.28. The molecule has 1 aliphatic carbocycles. The lowest BCUT2D eigenvalue weighted by Crippen LogP contribution is -2.62. The molecule has 9 heteroatoms. The topological polar surface area (TPSA) is 106 Å². The van der Waals surface area contributed by atoms with Gasteiger partial charge in [-0.15, -0.1) is 0 Å². The summed E-state index contributed by atoms with van der Waals surface area (Å²) in [5.74, 6) is 0.408. The molecule has 4 amide bonds. The maximum absolute atomic E-state index is 12.9. The number of piperidine rings is 1. The summed E-state index contributed by atoms with van der Waals surface area (Å²) < 4.78 is 5.87. The van der Waals surface area contributed by atoms with E-state index in [-0.39, 0.29) is 30.0 Å². The fourth-order valence-corrected chi connectivity index (χ4v) is 4.94. The SMILES string of the molecule is N#Cc1cccc(NC(=O)N2CCN3C(=O)OC4(CCN(C(=O)C5CC5)CC4)C3C2)c1. The molecule has 3 saturated heterocycles. The molecule has 1 unspecified atom stereocenters. The van der Waals surface area contributed by atoms with Crippen LogP contribution in [0, 0.1) is 17.2 Å². The third-order valence-electron chi connectivity index (χ3n) is 6.89. The molecule has 1 spiro atoms. The molecule has 1 aromatic carbocycles. The van der Waals surface area contributed by atoms with Crippen LogP contribution in [0.2, 0.25) is 0 Å². The second kappa shape index (κ2) is 7.45. The molecular formula is C22H25N5O4. The van der Waals surface area contributed by atoms with Gasteiger partial charge in [-0.05, 0) is 31.0 Å². The van der Waals surface area contributed by atoms with Crippen LogP contribution in [0.4, 0.5) is 15.3 Å². The predicted octanol–water partition coefficient (Wildman–Crippen LogP) is 2.00. The van der Waals surface area contributed by atoms with Crippen molar-refractivity contribution in [2.24, 2.45) is 5.92 Å². The van der Waals surface area contributed by atoms with Gasteiger partial charge in [0.2, 0.25) is 5.91 Å². The van der Waals surface area contributed by atoms with Gasteiger partial charge in [-0.1, -0.05) is 6.07 Å². The first-order valence-electron chi connectivity index (χ1n) is 10.8. The third-order valence-corrected chi connectivity index (χ3v) is 6.89. The van der Waals surface area contributed by atoms with Crippen molar-refractivity contribution >= 4 is 23.7 Å². The first kappa shape index (κ1) is 19.7. The molecule has 0 radical (unpaired) electrons. The van der Waals surface area contributed by atoms with Gasteiger partial charge < -0.3 is 19.9 Å². The summed E-state index contributed by atoms with van der Waals surface area (Å²) in [6.07, 6.45) is 2.82. The number of carbonyl (C=O) groups excluding carboxylic acids is 3. The van der Waals surface area contributed by atoms with E-state index in [4.69, 9.17) is 10.00 Å². The molecule has 4 aliphatic rings. The number of benzene rings is 1. The van der Waals surface area contributed by atoms with Crippen LogP contribution in [-0.2, 0) is 9.53 Å². The number of hydrogen-bond donors (Lipinski definition) is 1. The Morgan fingerprint density at radius 3 is 2.61 bits per heavy atom. The maximum atomic E-state index is 12.9. The normalized spacial score (nSPS) is 24.4. The van der Waals surface area contributed by atoms with E-state index in [1.165, 1.54) is 0 Å². The quantitative estimate of drug-likeness (QED) is 0.783. The van der Waals surface area contributed by atoms with Crippen LogP contribution in [0.1, 0.15) is 31.2 Å². The highest BCUT2D eigenvalue weighted by Crippen LogP contribution is 2.41. The zero-order valence-corrected chi connectivity index (χ0v) is 17.2. The molecule has 1 N–H and O–H groups in total. The second-order valence-electron chi connectivity index (χ2n) is 8.81. The minimum atomic E-state index is -0.656. The van der Waals surface area contributed by atoms with E-state index in [0.717, 1.165) is 12.8 Å². The first-order chi connectivity index (χ1) is 15.0. The van der Waals surface area contributed by atoms with Crippen molar-refractivity contribution in [2.45, 2.75) is 37.3 Å². The lowest BCUT2D eigenvalue weighted by Gasteiger charge is -2.45. The average molecular weight is 423 g/mol. The van der Waals surface area contributed by atoms with Gasteiger partial charge >= 0.3 is 12.1 Å². The molecule has 0 bridgehead atoms. The lowest BCUT2D eigenvalue weighted by atomic mass is 9.83. The summed E-state index contributed by atoms with van der Waals surface area (Å²) in [5, 5.41) is 11.9. The standard InChI is InChI=1S/C22H25N5O4/c23-13-15-2-1-3-17(12-15)24-20(29)26-10-11-27-18(14-26)22(31-21(27)30)6-8-25(9-7-22)19(28)16-4-5-16/h1-3,12,16,18H,4-11,14H2,(H,24,29). The van der Waals surface area contributed by atoms with Gasteiger partial charge in [0, 0.05) is 57.2 Å². The van der Waals surface area contributed by atoms with Gasteiger partial charge in [0.25, 0.3) is 0 Å². The van der Waals surface area contributed by atoms with Gasteiger partial charge in [-0.25, -0.2) is 9.59 Å². The van der Waals surface area contributed by atoms with Gasteiger partial charge in [0.15, 0.2) is 0 Å². The molecule has 31 heavy (non-hydrogen) atoms. The van der Waals surface area contributed by atoms with Crippen LogP contribution in [0.5, 0.6) is 0 Å². The summed E-state index contributed by atoms with van der Waals surface area (Å²) >= 11 is 0. The number of likely N-dealkylation sites (tertiary alicyclic amines) is 1. The number of anilines is 1. The van der Waals surface area contributed by atoms with Crippen LogP contribution in [-0.4, -0.2) is 77.1 Å². The fourth-order valence-electron chi connectivity index (χ4n) is 4.94. The first-order valence-corrected chi connectivity index (χ1v) is 10.8. The molecule has 3 aliphatic heterocycles. The molecule has 1 saturated carbocycles. The highest BCUT2D eigenvalue weighted by atomic mass is 16.6. The Labute approximate surface area is 180 Å². The van der Waals surface area contributed by atoms with Crippen molar-refractivity contribution < 1.29 is 19.1 Å². The lowest BCUT2D eigenvalue weighted by molar-refractivity contribution is -0.136. The Bertz CT molecular complexity index is 961. The van der Waals surface area contributed by atoms with Crippen molar-refractivity contribution in [1.82, 2.24) is 14.7 Å². The number of piperazine rings is 1. The van der Waals surface area contributed by atoms with Crippen LogP contribution in [0.15, 0.2) is 24.3 Å². The van der Waals surface area contributed by atoms with E-state index >= 15 is 0 Å². The predicted molar refractivity (Wildman–Crippen MR) is 110 cm³/mol. The van der Waals surface area contributed by atoms with E-state index in [1.54, 1.807) is 34.1 Å². The molecule has 5 rings (SSSR count). The van der Waals surface area contributed by atoms with Gasteiger partial charge in [-0.3, -0.25) is 9.69 Å². The molecule has 0 aromatic heterocycles. The van der Waals surface area contributed by atoms with Gasteiger partial charge in [0.1, 0.15) is 5.60 Å². The summed E-state index contributed by atoms with van der Waals surface area (Å²) in [4.78, 5) is 43.1. The minimum Gasteiger partial charge on any atom is -0.440 e. The Kier molecular flexibility index (Phi) is 4.73. The summed E-state index contributed by atoms with van der Waals surface area (Å²) in [6, 6.07) is 8.36. The highest BCUT2D eigenvalue weighted by molar-refractivity contribution is 5.90. The van der Waals surface area contributed by atoms with E-state index in [0.29, 0.717) is 56.8 Å². The molecule has 4 fully saturated rings. The number of carbonyl (C=O) groups is 3. The Balaban J connectivity index is 1.26. The maximum Gasteiger partial charge on any atom is 0.410 e. The monoisotopic (exact) mass is 423 g/mol. The Morgan fingerprint density at radius 1 is 1.13 bits per heavy atom. The van der Waals surface area contributed by atoms with Crippen molar-refractivity contribution in [3.8, 4) is 6.07 Å². The number of rotatable bonds is 2. The number of nitrogens with one attached hydrogen (secondary N) is 1. The number of amides is 4. The number of ether oxygens (including phenoxy) is 1. The fraction of sp³-hybridized carbons (Fsp3) is 0.545. The molecule has 1 aromatic rings. The third kappa shape index (κ3) is 3.56. The zero-order chi connectivity index (χ0) is 21.6. The average Bonchev–Trinajstić information content (AvgIpc) is 3.60. The van der Waals surface area contributed by atoms with Crippen molar-refractivity contribution in [2.75, 3.05) is 38.0 Å². The highest BCUT2D eigenvalue weighted by Gasteiger charge is 2.57. The smallest absolute Gasteiger partial charge is 0.410 e. The second-order valence-corrected chi connectivity index (χ2v) is 8.81.